The molecular weight excluding hydrogens is 653 g/mol. The van der Waals surface area contributed by atoms with Gasteiger partial charge in [0.05, 0.1) is 24.4 Å². The minimum atomic E-state index is -1.12. The van der Waals surface area contributed by atoms with E-state index in [-0.39, 0.29) is 61.2 Å². The first-order valence-corrected chi connectivity index (χ1v) is 18.3. The standard InChI is InChI=1S/C40H60FN3O7/c1-25(2)29(22-36(46)44-37-31-12-9-11-28(31)15-18-35(37)50-20-10-19-49-8)21-33(43-39(48)51-40(5,6)7)34(45)23-32(26(3)4)38(47)42-24-27-13-16-30(41)17-14-27/h13-18,25-26,29,32-34,45H,9-12,19-24H2,1-8H3,(H,42,47)(H,43,48)(H,44,46)/t29-,32+,33+,34+/m1/s1. The number of carbonyl (C=O) groups is 3. The Morgan fingerprint density at radius 3 is 2.27 bits per heavy atom. The number of alkyl carbamates (subject to hydrolysis) is 1. The second-order valence-corrected chi connectivity index (χ2v) is 15.4. The van der Waals surface area contributed by atoms with Crippen LogP contribution in [0, 0.1) is 29.5 Å². The minimum Gasteiger partial charge on any atom is -0.491 e. The number of ether oxygens (including phenoxy) is 3. The van der Waals surface area contributed by atoms with Gasteiger partial charge in [-0.15, -0.1) is 0 Å². The number of rotatable bonds is 19. The third kappa shape index (κ3) is 13.7. The fourth-order valence-corrected chi connectivity index (χ4v) is 6.43. The quantitative estimate of drug-likeness (QED) is 0.116. The Bertz CT molecular complexity index is 1420. The van der Waals surface area contributed by atoms with Gasteiger partial charge >= 0.3 is 6.09 Å². The molecule has 0 aliphatic heterocycles. The lowest BCUT2D eigenvalue weighted by atomic mass is 9.81. The molecule has 1 aliphatic carbocycles. The molecule has 0 saturated carbocycles. The third-order valence-electron chi connectivity index (χ3n) is 9.39. The maximum Gasteiger partial charge on any atom is 0.407 e. The molecule has 11 heteroatoms. The lowest BCUT2D eigenvalue weighted by molar-refractivity contribution is -0.127. The number of aliphatic hydroxyl groups excluding tert-OH is 1. The molecule has 0 bridgehead atoms. The van der Waals surface area contributed by atoms with E-state index >= 15 is 0 Å². The monoisotopic (exact) mass is 713 g/mol. The van der Waals surface area contributed by atoms with Gasteiger partial charge in [-0.1, -0.05) is 45.9 Å². The van der Waals surface area contributed by atoms with Crippen LogP contribution in [0.25, 0.3) is 0 Å². The van der Waals surface area contributed by atoms with Crippen LogP contribution >= 0.6 is 0 Å². The normalized spacial score (nSPS) is 15.1. The lowest BCUT2D eigenvalue weighted by Crippen LogP contribution is -2.48. The lowest BCUT2D eigenvalue weighted by Gasteiger charge is -2.33. The van der Waals surface area contributed by atoms with E-state index in [4.69, 9.17) is 14.2 Å². The number of aryl methyl sites for hydroxylation is 1. The van der Waals surface area contributed by atoms with E-state index in [0.29, 0.717) is 24.7 Å². The minimum absolute atomic E-state index is 0.0250. The van der Waals surface area contributed by atoms with Crippen molar-refractivity contribution >= 4 is 23.6 Å². The largest absolute Gasteiger partial charge is 0.491 e. The summed E-state index contributed by atoms with van der Waals surface area (Å²) in [4.78, 5) is 40.2. The first-order chi connectivity index (χ1) is 24.1. The van der Waals surface area contributed by atoms with Crippen LogP contribution < -0.4 is 20.7 Å². The molecule has 3 rings (SSSR count). The highest BCUT2D eigenvalue weighted by Gasteiger charge is 2.34. The van der Waals surface area contributed by atoms with Crippen molar-refractivity contribution in [3.63, 3.8) is 0 Å². The van der Waals surface area contributed by atoms with Gasteiger partial charge in [0.1, 0.15) is 17.2 Å². The molecule has 284 valence electrons. The number of hydrogen-bond donors (Lipinski definition) is 4. The number of methoxy groups -OCH3 is 1. The predicted molar refractivity (Wildman–Crippen MR) is 197 cm³/mol. The summed E-state index contributed by atoms with van der Waals surface area (Å²) >= 11 is 0. The number of hydrogen-bond acceptors (Lipinski definition) is 7. The van der Waals surface area contributed by atoms with Gasteiger partial charge in [-0.25, -0.2) is 9.18 Å². The number of carbonyl (C=O) groups excluding carboxylic acids is 3. The highest BCUT2D eigenvalue weighted by atomic mass is 19.1. The van der Waals surface area contributed by atoms with Gasteiger partial charge in [0.2, 0.25) is 11.8 Å². The van der Waals surface area contributed by atoms with Crippen LogP contribution in [0.4, 0.5) is 14.9 Å². The van der Waals surface area contributed by atoms with E-state index in [2.05, 4.69) is 22.0 Å². The highest BCUT2D eigenvalue weighted by molar-refractivity contribution is 5.94. The van der Waals surface area contributed by atoms with E-state index in [1.54, 1.807) is 40.0 Å². The molecule has 51 heavy (non-hydrogen) atoms. The summed E-state index contributed by atoms with van der Waals surface area (Å²) in [5.41, 5.74) is 3.01. The molecule has 4 atom stereocenters. The van der Waals surface area contributed by atoms with Crippen molar-refractivity contribution in [3.8, 4) is 5.75 Å². The topological polar surface area (TPSA) is 135 Å². The van der Waals surface area contributed by atoms with Gasteiger partial charge in [-0.3, -0.25) is 9.59 Å². The van der Waals surface area contributed by atoms with E-state index in [1.807, 2.05) is 33.8 Å². The molecule has 0 saturated heterocycles. The average Bonchev–Trinajstić information content (AvgIpc) is 3.53. The molecule has 0 fully saturated rings. The Morgan fingerprint density at radius 1 is 0.941 bits per heavy atom. The van der Waals surface area contributed by atoms with Crippen molar-refractivity contribution in [1.82, 2.24) is 10.6 Å². The molecule has 0 spiro atoms. The molecule has 1 aliphatic rings. The molecular formula is C40H60FN3O7. The van der Waals surface area contributed by atoms with E-state index < -0.39 is 29.8 Å². The molecule has 4 N–H and O–H groups in total. The second kappa shape index (κ2) is 19.8. The third-order valence-corrected chi connectivity index (χ3v) is 9.39. The zero-order valence-corrected chi connectivity index (χ0v) is 31.8. The molecule has 0 unspecified atom stereocenters. The van der Waals surface area contributed by atoms with Gasteiger partial charge in [0.15, 0.2) is 0 Å². The smallest absolute Gasteiger partial charge is 0.407 e. The fraction of sp³-hybridized carbons (Fsp3) is 0.625. The number of fused-ring (bicyclic) bond motifs is 1. The van der Waals surface area contributed by atoms with Crippen LogP contribution in [0.1, 0.15) is 97.3 Å². The van der Waals surface area contributed by atoms with E-state index in [1.165, 1.54) is 17.7 Å². The average molecular weight is 714 g/mol. The summed E-state index contributed by atoms with van der Waals surface area (Å²) in [6.45, 7) is 14.4. The number of nitrogens with one attached hydrogen (secondary N) is 3. The molecule has 0 heterocycles. The number of anilines is 1. The predicted octanol–water partition coefficient (Wildman–Crippen LogP) is 6.95. The molecule has 10 nitrogen and oxygen atoms in total. The van der Waals surface area contributed by atoms with Crippen LogP contribution in [0.3, 0.4) is 0 Å². The number of halogens is 1. The fourth-order valence-electron chi connectivity index (χ4n) is 6.43. The molecule has 3 amide bonds. The maximum atomic E-state index is 13.7. The number of benzene rings is 2. The first kappa shape index (κ1) is 41.7. The van der Waals surface area contributed by atoms with Crippen molar-refractivity contribution < 1.29 is 38.1 Å². The number of aliphatic hydroxyl groups is 1. The summed E-state index contributed by atoms with van der Waals surface area (Å²) in [6.07, 6.45) is 2.24. The zero-order chi connectivity index (χ0) is 37.7. The SMILES string of the molecule is COCCCOc1ccc2c(c1NC(=O)C[C@@H](C[C@H](NC(=O)OC(C)(C)C)[C@@H](O)C[C@H](C(=O)NCc1ccc(F)cc1)C(C)C)C(C)C)CCC2. The molecule has 2 aromatic rings. The van der Waals surface area contributed by atoms with Crippen LogP contribution in [0.5, 0.6) is 5.75 Å². The Balaban J connectivity index is 1.78. The second-order valence-electron chi connectivity index (χ2n) is 15.4. The molecule has 0 radical (unpaired) electrons. The summed E-state index contributed by atoms with van der Waals surface area (Å²) in [6, 6.07) is 9.10. The number of amides is 3. The van der Waals surface area contributed by atoms with Crippen LogP contribution in [0.15, 0.2) is 36.4 Å². The summed E-state index contributed by atoms with van der Waals surface area (Å²) < 4.78 is 30.2. The maximum absolute atomic E-state index is 13.7. The van der Waals surface area contributed by atoms with Crippen molar-refractivity contribution in [2.24, 2.45) is 23.7 Å². The van der Waals surface area contributed by atoms with Crippen LogP contribution in [-0.4, -0.2) is 61.1 Å². The van der Waals surface area contributed by atoms with Crippen molar-refractivity contribution in [2.75, 3.05) is 25.6 Å². The summed E-state index contributed by atoms with van der Waals surface area (Å²) in [5.74, 6) is -1.05. The van der Waals surface area contributed by atoms with Crippen molar-refractivity contribution in [2.45, 2.75) is 118 Å². The molecule has 0 aromatic heterocycles. The Labute approximate surface area is 303 Å². The van der Waals surface area contributed by atoms with Gasteiger partial charge in [0, 0.05) is 39.0 Å². The highest BCUT2D eigenvalue weighted by Crippen LogP contribution is 2.37. The van der Waals surface area contributed by atoms with Crippen molar-refractivity contribution in [3.05, 3.63) is 58.9 Å². The Morgan fingerprint density at radius 2 is 1.65 bits per heavy atom. The Kier molecular flexibility index (Phi) is 16.2. The van der Waals surface area contributed by atoms with Crippen LogP contribution in [-0.2, 0) is 38.4 Å². The van der Waals surface area contributed by atoms with E-state index in [9.17, 15) is 23.9 Å². The van der Waals surface area contributed by atoms with Crippen molar-refractivity contribution in [1.29, 1.82) is 0 Å². The van der Waals surface area contributed by atoms with E-state index in [0.717, 1.165) is 36.8 Å². The van der Waals surface area contributed by atoms with Gasteiger partial charge in [-0.2, -0.15) is 0 Å². The van der Waals surface area contributed by atoms with Gasteiger partial charge in [0.25, 0.3) is 0 Å². The zero-order valence-electron chi connectivity index (χ0n) is 31.8. The van der Waals surface area contributed by atoms with Gasteiger partial charge in [-0.05, 0) is 106 Å². The summed E-state index contributed by atoms with van der Waals surface area (Å²) in [7, 11) is 1.65. The molecule has 2 aromatic carbocycles. The van der Waals surface area contributed by atoms with Gasteiger partial charge < -0.3 is 35.3 Å². The first-order valence-electron chi connectivity index (χ1n) is 18.3. The Hall–Kier alpha value is -3.70. The van der Waals surface area contributed by atoms with Crippen LogP contribution in [0.2, 0.25) is 0 Å². The summed E-state index contributed by atoms with van der Waals surface area (Å²) in [5, 5.41) is 20.6.